The van der Waals surface area contributed by atoms with E-state index in [-0.39, 0.29) is 0 Å². The number of anilines is 1. The molecule has 0 aliphatic carbocycles. The summed E-state index contributed by atoms with van der Waals surface area (Å²) in [6.07, 6.45) is 9.21. The molecule has 0 spiro atoms. The Bertz CT molecular complexity index is 855. The van der Waals surface area contributed by atoms with Gasteiger partial charge in [0.25, 0.3) is 0 Å². The molecule has 1 atom stereocenters. The van der Waals surface area contributed by atoms with Gasteiger partial charge in [0, 0.05) is 57.8 Å². The number of piperidine rings is 1. The van der Waals surface area contributed by atoms with Crippen LogP contribution in [-0.4, -0.2) is 53.4 Å². The van der Waals surface area contributed by atoms with Crippen molar-refractivity contribution >= 4 is 11.6 Å². The number of guanidine groups is 1. The average molecular weight is 424 g/mol. The van der Waals surface area contributed by atoms with Crippen LogP contribution in [0.4, 0.5) is 5.69 Å². The Hall–Kier alpha value is -2.57. The van der Waals surface area contributed by atoms with Gasteiger partial charge in [0.1, 0.15) is 11.6 Å². The standard InChI is InChI=1S/C24H37N7/c1-19-11-13-21(14-12-19)30-16-7-8-20(18-30)27-24(25-2)26-15-6-10-23-29-28-22-9-4-3-5-17-31(22)23/h11-14,20H,3-10,15-18H2,1-2H3,(H2,25,26,27). The number of aryl methyl sites for hydroxylation is 3. The Kier molecular flexibility index (Phi) is 7.43. The third-order valence-corrected chi connectivity index (χ3v) is 6.44. The summed E-state index contributed by atoms with van der Waals surface area (Å²) in [5.41, 5.74) is 2.62. The van der Waals surface area contributed by atoms with Gasteiger partial charge in [-0.3, -0.25) is 4.99 Å². The number of aromatic nitrogens is 3. The molecule has 2 aliphatic heterocycles. The van der Waals surface area contributed by atoms with Crippen LogP contribution in [0.15, 0.2) is 29.3 Å². The third kappa shape index (κ3) is 5.77. The lowest BCUT2D eigenvalue weighted by Gasteiger charge is -2.35. The summed E-state index contributed by atoms with van der Waals surface area (Å²) in [5, 5.41) is 16.0. The van der Waals surface area contributed by atoms with Crippen molar-refractivity contribution in [3.8, 4) is 0 Å². The number of fused-ring (bicyclic) bond motifs is 1. The van der Waals surface area contributed by atoms with Crippen molar-refractivity contribution in [2.75, 3.05) is 31.6 Å². The predicted octanol–water partition coefficient (Wildman–Crippen LogP) is 3.08. The first kappa shape index (κ1) is 21.7. The number of hydrogen-bond acceptors (Lipinski definition) is 4. The number of rotatable bonds is 6. The lowest BCUT2D eigenvalue weighted by Crippen LogP contribution is -2.51. The van der Waals surface area contributed by atoms with Crippen LogP contribution in [0.25, 0.3) is 0 Å². The number of nitrogens with one attached hydrogen (secondary N) is 2. The van der Waals surface area contributed by atoms with Crippen LogP contribution in [0.5, 0.6) is 0 Å². The fourth-order valence-corrected chi connectivity index (χ4v) is 4.66. The summed E-state index contributed by atoms with van der Waals surface area (Å²) < 4.78 is 2.35. The molecule has 0 radical (unpaired) electrons. The lowest BCUT2D eigenvalue weighted by atomic mass is 10.0. The summed E-state index contributed by atoms with van der Waals surface area (Å²) in [6, 6.07) is 9.27. The Morgan fingerprint density at radius 1 is 1.10 bits per heavy atom. The van der Waals surface area contributed by atoms with Gasteiger partial charge in [0.05, 0.1) is 0 Å². The van der Waals surface area contributed by atoms with Crippen LogP contribution in [0.1, 0.15) is 55.7 Å². The van der Waals surface area contributed by atoms with Crippen molar-refractivity contribution in [3.05, 3.63) is 41.5 Å². The van der Waals surface area contributed by atoms with Gasteiger partial charge in [-0.05, 0) is 51.2 Å². The number of hydrogen-bond donors (Lipinski definition) is 2. The van der Waals surface area contributed by atoms with Crippen molar-refractivity contribution < 1.29 is 0 Å². The molecular weight excluding hydrogens is 386 g/mol. The quantitative estimate of drug-likeness (QED) is 0.424. The van der Waals surface area contributed by atoms with Crippen LogP contribution in [-0.2, 0) is 19.4 Å². The first-order valence-electron chi connectivity index (χ1n) is 11.9. The first-order valence-corrected chi connectivity index (χ1v) is 11.9. The van der Waals surface area contributed by atoms with E-state index < -0.39 is 0 Å². The number of nitrogens with zero attached hydrogens (tertiary/aromatic N) is 5. The molecule has 1 fully saturated rings. The number of aliphatic imine (C=N–C) groups is 1. The highest BCUT2D eigenvalue weighted by Crippen LogP contribution is 2.20. The summed E-state index contributed by atoms with van der Waals surface area (Å²) in [4.78, 5) is 6.93. The van der Waals surface area contributed by atoms with Gasteiger partial charge in [0.2, 0.25) is 0 Å². The Morgan fingerprint density at radius 3 is 2.81 bits per heavy atom. The van der Waals surface area contributed by atoms with E-state index in [0.29, 0.717) is 6.04 Å². The molecule has 4 rings (SSSR count). The molecule has 1 saturated heterocycles. The summed E-state index contributed by atoms with van der Waals surface area (Å²) in [6.45, 7) is 6.23. The second kappa shape index (κ2) is 10.6. The molecule has 2 aromatic rings. The maximum atomic E-state index is 4.45. The Balaban J connectivity index is 1.22. The van der Waals surface area contributed by atoms with Gasteiger partial charge in [-0.2, -0.15) is 0 Å². The van der Waals surface area contributed by atoms with Crippen LogP contribution < -0.4 is 15.5 Å². The molecule has 7 heteroatoms. The summed E-state index contributed by atoms with van der Waals surface area (Å²) in [7, 11) is 1.86. The van der Waals surface area contributed by atoms with Gasteiger partial charge in [-0.15, -0.1) is 10.2 Å². The van der Waals surface area contributed by atoms with E-state index in [1.165, 1.54) is 49.2 Å². The molecule has 1 unspecified atom stereocenters. The summed E-state index contributed by atoms with van der Waals surface area (Å²) in [5.74, 6) is 3.21. The molecule has 1 aromatic heterocycles. The monoisotopic (exact) mass is 423 g/mol. The first-order chi connectivity index (χ1) is 15.2. The molecule has 7 nitrogen and oxygen atoms in total. The van der Waals surface area contributed by atoms with Crippen molar-refractivity contribution in [1.29, 1.82) is 0 Å². The minimum atomic E-state index is 0.411. The third-order valence-electron chi connectivity index (χ3n) is 6.44. The molecule has 2 N–H and O–H groups in total. The fourth-order valence-electron chi connectivity index (χ4n) is 4.66. The topological polar surface area (TPSA) is 70.4 Å². The largest absolute Gasteiger partial charge is 0.369 e. The molecule has 31 heavy (non-hydrogen) atoms. The minimum absolute atomic E-state index is 0.411. The van der Waals surface area contributed by atoms with Crippen molar-refractivity contribution in [2.45, 2.75) is 70.9 Å². The lowest BCUT2D eigenvalue weighted by molar-refractivity contribution is 0.467. The highest BCUT2D eigenvalue weighted by Gasteiger charge is 2.21. The fraction of sp³-hybridized carbons (Fsp3) is 0.625. The maximum absolute atomic E-state index is 4.45. The molecule has 0 saturated carbocycles. The van der Waals surface area contributed by atoms with E-state index in [9.17, 15) is 0 Å². The second-order valence-corrected chi connectivity index (χ2v) is 8.86. The van der Waals surface area contributed by atoms with Crippen molar-refractivity contribution in [1.82, 2.24) is 25.4 Å². The smallest absolute Gasteiger partial charge is 0.191 e. The Morgan fingerprint density at radius 2 is 1.97 bits per heavy atom. The van der Waals surface area contributed by atoms with Gasteiger partial charge in [-0.1, -0.05) is 24.1 Å². The minimum Gasteiger partial charge on any atom is -0.369 e. The van der Waals surface area contributed by atoms with Crippen LogP contribution in [0, 0.1) is 6.92 Å². The molecule has 168 valence electrons. The van der Waals surface area contributed by atoms with E-state index in [1.54, 1.807) is 0 Å². The molecule has 2 aliphatic rings. The van der Waals surface area contributed by atoms with Gasteiger partial charge in [-0.25, -0.2) is 0 Å². The van der Waals surface area contributed by atoms with E-state index in [1.807, 2.05) is 7.05 Å². The molecule has 1 aromatic carbocycles. The molecule has 3 heterocycles. The van der Waals surface area contributed by atoms with Crippen LogP contribution in [0.3, 0.4) is 0 Å². The van der Waals surface area contributed by atoms with Gasteiger partial charge in [0.15, 0.2) is 5.96 Å². The van der Waals surface area contributed by atoms with E-state index in [0.717, 1.165) is 57.2 Å². The molecular formula is C24H37N7. The summed E-state index contributed by atoms with van der Waals surface area (Å²) >= 11 is 0. The predicted molar refractivity (Wildman–Crippen MR) is 127 cm³/mol. The van der Waals surface area contributed by atoms with E-state index in [2.05, 4.69) is 66.5 Å². The number of benzene rings is 1. The molecule has 0 bridgehead atoms. The maximum Gasteiger partial charge on any atom is 0.191 e. The Labute approximate surface area is 186 Å². The van der Waals surface area contributed by atoms with Gasteiger partial charge >= 0.3 is 0 Å². The van der Waals surface area contributed by atoms with Crippen LogP contribution in [0.2, 0.25) is 0 Å². The zero-order chi connectivity index (χ0) is 21.5. The average Bonchev–Trinajstić information content (AvgIpc) is 3.02. The van der Waals surface area contributed by atoms with Crippen LogP contribution >= 0.6 is 0 Å². The normalized spacial score (nSPS) is 19.6. The van der Waals surface area contributed by atoms with Gasteiger partial charge < -0.3 is 20.1 Å². The molecule has 0 amide bonds. The SMILES string of the molecule is CN=C(NCCCc1nnc2n1CCCCC2)NC1CCCN(c2ccc(C)cc2)C1. The zero-order valence-corrected chi connectivity index (χ0v) is 19.1. The zero-order valence-electron chi connectivity index (χ0n) is 19.1. The van der Waals surface area contributed by atoms with E-state index >= 15 is 0 Å². The highest BCUT2D eigenvalue weighted by atomic mass is 15.3. The van der Waals surface area contributed by atoms with Crippen molar-refractivity contribution in [3.63, 3.8) is 0 Å². The second-order valence-electron chi connectivity index (χ2n) is 8.86. The van der Waals surface area contributed by atoms with Crippen molar-refractivity contribution in [2.24, 2.45) is 4.99 Å². The highest BCUT2D eigenvalue weighted by molar-refractivity contribution is 5.80. The van der Waals surface area contributed by atoms with E-state index in [4.69, 9.17) is 0 Å².